The number of hydrogen-bond donors (Lipinski definition) is 2. The van der Waals surface area contributed by atoms with Crippen molar-refractivity contribution in [3.8, 4) is 0 Å². The molecule has 4 amide bonds. The van der Waals surface area contributed by atoms with Gasteiger partial charge in [-0.2, -0.15) is 0 Å². The van der Waals surface area contributed by atoms with Gasteiger partial charge in [0.2, 0.25) is 5.91 Å². The number of anilines is 3. The first kappa shape index (κ1) is 26.7. The average Bonchev–Trinajstić information content (AvgIpc) is 2.93. The van der Waals surface area contributed by atoms with E-state index in [1.165, 1.54) is 12.1 Å². The minimum atomic E-state index is -0.466. The van der Waals surface area contributed by atoms with Crippen molar-refractivity contribution in [2.24, 2.45) is 0 Å². The fourth-order valence-electron chi connectivity index (χ4n) is 4.27. The third-order valence-electron chi connectivity index (χ3n) is 6.42. The summed E-state index contributed by atoms with van der Waals surface area (Å²) in [7, 11) is 0. The van der Waals surface area contributed by atoms with E-state index in [-0.39, 0.29) is 36.1 Å². The van der Waals surface area contributed by atoms with Crippen LogP contribution in [0.1, 0.15) is 24.2 Å². The summed E-state index contributed by atoms with van der Waals surface area (Å²) in [6, 6.07) is 22.0. The molecule has 198 valence electrons. The lowest BCUT2D eigenvalue weighted by Crippen LogP contribution is -2.50. The zero-order valence-corrected chi connectivity index (χ0v) is 21.6. The van der Waals surface area contributed by atoms with E-state index in [9.17, 15) is 18.8 Å². The number of carbonyl (C=O) groups excluding carboxylic acids is 3. The number of para-hydroxylation sites is 1. The smallest absolute Gasteiger partial charge is 0.322 e. The Morgan fingerprint density at radius 3 is 2.11 bits per heavy atom. The molecule has 3 aromatic carbocycles. The van der Waals surface area contributed by atoms with E-state index in [4.69, 9.17) is 0 Å². The zero-order chi connectivity index (χ0) is 27.1. The second-order valence-corrected chi connectivity index (χ2v) is 9.37. The summed E-state index contributed by atoms with van der Waals surface area (Å²) in [6.45, 7) is 5.96. The molecule has 0 aliphatic carbocycles. The van der Waals surface area contributed by atoms with Crippen molar-refractivity contribution in [3.63, 3.8) is 0 Å². The van der Waals surface area contributed by atoms with Gasteiger partial charge in [-0.3, -0.25) is 9.59 Å². The Morgan fingerprint density at radius 2 is 1.47 bits per heavy atom. The number of piperazine rings is 1. The fourth-order valence-corrected chi connectivity index (χ4v) is 4.27. The Morgan fingerprint density at radius 1 is 0.842 bits per heavy atom. The topological polar surface area (TPSA) is 85.0 Å². The maximum Gasteiger partial charge on any atom is 0.322 e. The van der Waals surface area contributed by atoms with Crippen LogP contribution in [0, 0.1) is 5.82 Å². The van der Waals surface area contributed by atoms with Crippen molar-refractivity contribution in [2.75, 3.05) is 48.3 Å². The Hall–Kier alpha value is -4.40. The van der Waals surface area contributed by atoms with E-state index in [0.29, 0.717) is 37.4 Å². The van der Waals surface area contributed by atoms with E-state index in [0.717, 1.165) is 5.69 Å². The van der Waals surface area contributed by atoms with Gasteiger partial charge in [0.05, 0.1) is 5.69 Å². The molecule has 0 radical (unpaired) electrons. The molecule has 1 heterocycles. The molecule has 0 bridgehead atoms. The predicted octanol–water partition coefficient (Wildman–Crippen LogP) is 4.67. The van der Waals surface area contributed by atoms with Gasteiger partial charge in [-0.15, -0.1) is 0 Å². The normalized spacial score (nSPS) is 13.3. The van der Waals surface area contributed by atoms with Crippen molar-refractivity contribution in [2.45, 2.75) is 19.9 Å². The van der Waals surface area contributed by atoms with Crippen LogP contribution in [-0.2, 0) is 4.79 Å². The molecule has 9 heteroatoms. The van der Waals surface area contributed by atoms with Gasteiger partial charge in [0.15, 0.2) is 0 Å². The van der Waals surface area contributed by atoms with E-state index in [1.807, 2.05) is 44.2 Å². The van der Waals surface area contributed by atoms with Gasteiger partial charge in [-0.1, -0.05) is 30.3 Å². The predicted molar refractivity (Wildman–Crippen MR) is 147 cm³/mol. The SMILES string of the molecule is CC(C)N(CC(=O)Nc1ccc(N2CCN(C(=O)Nc3ccccc3F)CC2)cc1)C(=O)c1ccccc1. The van der Waals surface area contributed by atoms with Crippen LogP contribution in [0.15, 0.2) is 78.9 Å². The number of hydrogen-bond acceptors (Lipinski definition) is 4. The Kier molecular flexibility index (Phi) is 8.58. The van der Waals surface area contributed by atoms with Crippen LogP contribution in [0.4, 0.5) is 26.2 Å². The molecule has 8 nitrogen and oxygen atoms in total. The van der Waals surface area contributed by atoms with Crippen LogP contribution in [0.25, 0.3) is 0 Å². The van der Waals surface area contributed by atoms with Crippen molar-refractivity contribution in [3.05, 3.63) is 90.2 Å². The monoisotopic (exact) mass is 517 g/mol. The van der Waals surface area contributed by atoms with Gasteiger partial charge in [0.1, 0.15) is 12.4 Å². The van der Waals surface area contributed by atoms with Crippen LogP contribution in [-0.4, -0.2) is 66.4 Å². The van der Waals surface area contributed by atoms with Crippen LogP contribution >= 0.6 is 0 Å². The summed E-state index contributed by atoms with van der Waals surface area (Å²) in [5.74, 6) is -0.926. The second kappa shape index (κ2) is 12.2. The third-order valence-corrected chi connectivity index (χ3v) is 6.42. The van der Waals surface area contributed by atoms with E-state index < -0.39 is 5.82 Å². The number of carbonyl (C=O) groups is 3. The lowest BCUT2D eigenvalue weighted by atomic mass is 10.1. The van der Waals surface area contributed by atoms with Crippen LogP contribution < -0.4 is 15.5 Å². The molecule has 38 heavy (non-hydrogen) atoms. The summed E-state index contributed by atoms with van der Waals surface area (Å²) in [4.78, 5) is 43.5. The van der Waals surface area contributed by atoms with Crippen molar-refractivity contribution < 1.29 is 18.8 Å². The number of rotatable bonds is 7. The highest BCUT2D eigenvalue weighted by Gasteiger charge is 2.23. The highest BCUT2D eigenvalue weighted by atomic mass is 19.1. The maximum atomic E-state index is 13.8. The lowest BCUT2D eigenvalue weighted by molar-refractivity contribution is -0.117. The molecule has 0 unspecified atom stereocenters. The van der Waals surface area contributed by atoms with Crippen molar-refractivity contribution >= 4 is 34.9 Å². The molecule has 1 aliphatic heterocycles. The van der Waals surface area contributed by atoms with Gasteiger partial charge in [-0.05, 0) is 62.4 Å². The molecule has 2 N–H and O–H groups in total. The summed E-state index contributed by atoms with van der Waals surface area (Å²) in [5.41, 5.74) is 2.32. The molecule has 3 aromatic rings. The van der Waals surface area contributed by atoms with Crippen LogP contribution in [0.3, 0.4) is 0 Å². The van der Waals surface area contributed by atoms with Gasteiger partial charge in [-0.25, -0.2) is 9.18 Å². The first-order valence-corrected chi connectivity index (χ1v) is 12.6. The average molecular weight is 518 g/mol. The summed E-state index contributed by atoms with van der Waals surface area (Å²) in [5, 5.41) is 5.50. The van der Waals surface area contributed by atoms with Gasteiger partial charge in [0, 0.05) is 49.2 Å². The van der Waals surface area contributed by atoms with Gasteiger partial charge >= 0.3 is 6.03 Å². The molecule has 1 saturated heterocycles. The quantitative estimate of drug-likeness (QED) is 0.477. The second-order valence-electron chi connectivity index (χ2n) is 9.37. The number of nitrogens with zero attached hydrogens (tertiary/aromatic N) is 3. The standard InChI is InChI=1S/C29H32FN5O3/c1-21(2)35(28(37)22-8-4-3-5-9-22)20-27(36)31-23-12-14-24(15-13-23)33-16-18-34(19-17-33)29(38)32-26-11-7-6-10-25(26)30/h3-15,21H,16-20H2,1-2H3,(H,31,36)(H,32,38). The summed E-state index contributed by atoms with van der Waals surface area (Å²) >= 11 is 0. The highest BCUT2D eigenvalue weighted by molar-refractivity contribution is 5.99. The molecule has 0 spiro atoms. The van der Waals surface area contributed by atoms with E-state index in [2.05, 4.69) is 15.5 Å². The Bertz CT molecular complexity index is 1260. The molecular formula is C29H32FN5O3. The van der Waals surface area contributed by atoms with Gasteiger partial charge in [0.25, 0.3) is 5.91 Å². The highest BCUT2D eigenvalue weighted by Crippen LogP contribution is 2.21. The minimum Gasteiger partial charge on any atom is -0.368 e. The Balaban J connectivity index is 1.28. The first-order chi connectivity index (χ1) is 18.3. The maximum absolute atomic E-state index is 13.8. The summed E-state index contributed by atoms with van der Waals surface area (Å²) in [6.07, 6.45) is 0. The zero-order valence-electron chi connectivity index (χ0n) is 21.6. The first-order valence-electron chi connectivity index (χ1n) is 12.6. The molecular weight excluding hydrogens is 485 g/mol. The molecule has 4 rings (SSSR count). The van der Waals surface area contributed by atoms with Gasteiger partial charge < -0.3 is 25.3 Å². The summed E-state index contributed by atoms with van der Waals surface area (Å²) < 4.78 is 13.8. The number of halogens is 1. The van der Waals surface area contributed by atoms with E-state index in [1.54, 1.807) is 46.2 Å². The molecule has 1 fully saturated rings. The molecule has 0 aromatic heterocycles. The third kappa shape index (κ3) is 6.67. The van der Waals surface area contributed by atoms with E-state index >= 15 is 0 Å². The minimum absolute atomic E-state index is 0.0515. The van der Waals surface area contributed by atoms with Crippen LogP contribution in [0.5, 0.6) is 0 Å². The lowest BCUT2D eigenvalue weighted by Gasteiger charge is -2.36. The number of nitrogens with one attached hydrogen (secondary N) is 2. The van der Waals surface area contributed by atoms with Crippen molar-refractivity contribution in [1.82, 2.24) is 9.80 Å². The number of urea groups is 1. The molecule has 0 saturated carbocycles. The molecule has 1 aliphatic rings. The molecule has 0 atom stereocenters. The number of benzene rings is 3. The van der Waals surface area contributed by atoms with Crippen molar-refractivity contribution in [1.29, 1.82) is 0 Å². The fraction of sp³-hybridized carbons (Fsp3) is 0.276. The largest absolute Gasteiger partial charge is 0.368 e. The number of amides is 4. The van der Waals surface area contributed by atoms with Crippen LogP contribution in [0.2, 0.25) is 0 Å². The Labute approximate surface area is 222 Å².